The van der Waals surface area contributed by atoms with E-state index in [1.165, 1.54) is 15.7 Å². The van der Waals surface area contributed by atoms with E-state index in [1.807, 2.05) is 0 Å². The maximum absolute atomic E-state index is 12.4. The lowest BCUT2D eigenvalue weighted by Crippen LogP contribution is -2.28. The third-order valence-corrected chi connectivity index (χ3v) is 5.21. The first kappa shape index (κ1) is 13.4. The number of rotatable bonds is 4. The Morgan fingerprint density at radius 3 is 3.05 bits per heavy atom. The molecule has 3 aromatic heterocycles. The van der Waals surface area contributed by atoms with Crippen LogP contribution >= 0.6 is 22.9 Å². The van der Waals surface area contributed by atoms with Gasteiger partial charge in [-0.15, -0.1) is 21.5 Å². The van der Waals surface area contributed by atoms with Crippen molar-refractivity contribution in [2.75, 3.05) is 0 Å². The van der Waals surface area contributed by atoms with Crippen LogP contribution in [-0.4, -0.2) is 38.4 Å². The lowest BCUT2D eigenvalue weighted by atomic mass is 10.4. The molecule has 0 saturated carbocycles. The molecule has 0 radical (unpaired) electrons. The van der Waals surface area contributed by atoms with Gasteiger partial charge in [-0.05, 0) is 6.92 Å². The fraction of sp³-hybridized carbons (Fsp3) is 0.250. The van der Waals surface area contributed by atoms with Crippen LogP contribution in [0.3, 0.4) is 0 Å². The molecule has 3 heterocycles. The molecule has 3 aromatic rings. The monoisotopic (exact) mass is 333 g/mol. The van der Waals surface area contributed by atoms with E-state index in [-0.39, 0.29) is 16.0 Å². The van der Waals surface area contributed by atoms with Crippen LogP contribution in [0.4, 0.5) is 0 Å². The molecule has 0 aliphatic carbocycles. The molecule has 0 aliphatic heterocycles. The van der Waals surface area contributed by atoms with Crippen LogP contribution in [0, 0.1) is 0 Å². The van der Waals surface area contributed by atoms with Crippen molar-refractivity contribution in [3.05, 3.63) is 22.6 Å². The van der Waals surface area contributed by atoms with Crippen molar-refractivity contribution in [2.24, 2.45) is 0 Å². The van der Waals surface area contributed by atoms with Crippen LogP contribution < -0.4 is 4.72 Å². The SMILES string of the molecule is CC(NS(=O)(=O)c1c(Cl)nc2sccn12)c1nn[nH]n1. The second-order valence-corrected chi connectivity index (χ2v) is 6.74. The molecule has 1 atom stereocenters. The number of aromatic nitrogens is 6. The fourth-order valence-corrected chi connectivity index (χ4v) is 4.33. The van der Waals surface area contributed by atoms with E-state index < -0.39 is 16.1 Å². The Bertz CT molecular complexity index is 838. The normalized spacial score (nSPS) is 13.9. The van der Waals surface area contributed by atoms with Gasteiger partial charge in [0.2, 0.25) is 0 Å². The zero-order valence-electron chi connectivity index (χ0n) is 9.98. The van der Waals surface area contributed by atoms with E-state index in [9.17, 15) is 8.42 Å². The van der Waals surface area contributed by atoms with Gasteiger partial charge in [0.15, 0.2) is 21.0 Å². The van der Waals surface area contributed by atoms with Gasteiger partial charge in [-0.1, -0.05) is 16.8 Å². The predicted molar refractivity (Wildman–Crippen MR) is 71.0 cm³/mol. The van der Waals surface area contributed by atoms with Gasteiger partial charge in [0.25, 0.3) is 10.0 Å². The molecule has 0 saturated heterocycles. The summed E-state index contributed by atoms with van der Waals surface area (Å²) in [6, 6.07) is -0.654. The Morgan fingerprint density at radius 2 is 2.35 bits per heavy atom. The zero-order valence-corrected chi connectivity index (χ0v) is 12.4. The number of aromatic amines is 1. The van der Waals surface area contributed by atoms with Gasteiger partial charge in [0.05, 0.1) is 6.04 Å². The first-order chi connectivity index (χ1) is 9.49. The molecule has 0 bridgehead atoms. The molecule has 0 spiro atoms. The number of halogens is 1. The standard InChI is InChI=1S/C8H8ClN7O2S2/c1-4(6-11-14-15-12-6)13-20(17,18)7-5(9)10-8-16(7)2-3-19-8/h2-4,13H,1H3,(H,11,12,14,15). The lowest BCUT2D eigenvalue weighted by Gasteiger charge is -2.10. The molecule has 3 rings (SSSR count). The number of fused-ring (bicyclic) bond motifs is 1. The quantitative estimate of drug-likeness (QED) is 0.722. The lowest BCUT2D eigenvalue weighted by molar-refractivity contribution is 0.555. The molecule has 106 valence electrons. The Kier molecular flexibility index (Phi) is 3.20. The molecule has 0 aromatic carbocycles. The average Bonchev–Trinajstić information content (AvgIpc) is 3.01. The summed E-state index contributed by atoms with van der Waals surface area (Å²) in [5.74, 6) is 0.232. The highest BCUT2D eigenvalue weighted by Crippen LogP contribution is 2.26. The van der Waals surface area contributed by atoms with Crippen molar-refractivity contribution in [3.63, 3.8) is 0 Å². The number of imidazole rings is 1. The highest BCUT2D eigenvalue weighted by Gasteiger charge is 2.28. The summed E-state index contributed by atoms with van der Waals surface area (Å²) < 4.78 is 28.6. The predicted octanol–water partition coefficient (Wildman–Crippen LogP) is 0.602. The molecule has 12 heteroatoms. The minimum absolute atomic E-state index is 0.0790. The molecule has 0 fully saturated rings. The van der Waals surface area contributed by atoms with E-state index >= 15 is 0 Å². The number of thiazole rings is 1. The van der Waals surface area contributed by atoms with E-state index in [2.05, 4.69) is 30.3 Å². The maximum atomic E-state index is 12.4. The summed E-state index contributed by atoms with van der Waals surface area (Å²) in [7, 11) is -3.87. The number of nitrogens with zero attached hydrogens (tertiary/aromatic N) is 5. The van der Waals surface area contributed by atoms with Gasteiger partial charge >= 0.3 is 0 Å². The molecule has 20 heavy (non-hydrogen) atoms. The third kappa shape index (κ3) is 2.18. The molecule has 9 nitrogen and oxygen atoms in total. The molecule has 1 unspecified atom stereocenters. The zero-order chi connectivity index (χ0) is 14.3. The Labute approximate surface area is 122 Å². The Morgan fingerprint density at radius 1 is 1.55 bits per heavy atom. The van der Waals surface area contributed by atoms with Crippen LogP contribution in [0.25, 0.3) is 4.96 Å². The molecule has 0 aliphatic rings. The molecule has 0 amide bonds. The first-order valence-electron chi connectivity index (χ1n) is 5.36. The van der Waals surface area contributed by atoms with Gasteiger partial charge in [0.1, 0.15) is 0 Å². The number of hydrogen-bond donors (Lipinski definition) is 2. The van der Waals surface area contributed by atoms with E-state index in [1.54, 1.807) is 18.5 Å². The highest BCUT2D eigenvalue weighted by atomic mass is 35.5. The number of sulfonamides is 1. The molecular formula is C8H8ClN7O2S2. The summed E-state index contributed by atoms with van der Waals surface area (Å²) in [5.41, 5.74) is 0. The Balaban J connectivity index is 2.00. The minimum Gasteiger partial charge on any atom is -0.279 e. The summed E-state index contributed by atoms with van der Waals surface area (Å²) >= 11 is 7.20. The highest BCUT2D eigenvalue weighted by molar-refractivity contribution is 7.89. The van der Waals surface area contributed by atoms with Gasteiger partial charge in [-0.25, -0.2) is 13.4 Å². The van der Waals surface area contributed by atoms with E-state index in [4.69, 9.17) is 11.6 Å². The fourth-order valence-electron chi connectivity index (χ4n) is 1.67. The van der Waals surface area contributed by atoms with Crippen LogP contribution in [-0.2, 0) is 10.0 Å². The van der Waals surface area contributed by atoms with Gasteiger partial charge < -0.3 is 0 Å². The maximum Gasteiger partial charge on any atom is 0.260 e. The van der Waals surface area contributed by atoms with Crippen molar-refractivity contribution < 1.29 is 8.42 Å². The van der Waals surface area contributed by atoms with Gasteiger partial charge in [0, 0.05) is 11.6 Å². The third-order valence-electron chi connectivity index (χ3n) is 2.51. The number of tetrazole rings is 1. The smallest absolute Gasteiger partial charge is 0.260 e. The second kappa shape index (κ2) is 4.77. The topological polar surface area (TPSA) is 118 Å². The van der Waals surface area contributed by atoms with Crippen LogP contribution in [0.15, 0.2) is 16.6 Å². The molecule has 2 N–H and O–H groups in total. The van der Waals surface area contributed by atoms with E-state index in [0.717, 1.165) is 0 Å². The van der Waals surface area contributed by atoms with Gasteiger partial charge in [-0.2, -0.15) is 9.94 Å². The van der Waals surface area contributed by atoms with Crippen molar-refractivity contribution in [1.29, 1.82) is 0 Å². The summed E-state index contributed by atoms with van der Waals surface area (Å²) in [6.45, 7) is 1.60. The van der Waals surface area contributed by atoms with Crippen molar-refractivity contribution in [1.82, 2.24) is 34.7 Å². The first-order valence-corrected chi connectivity index (χ1v) is 8.10. The van der Waals surface area contributed by atoms with Crippen molar-refractivity contribution in [2.45, 2.75) is 18.0 Å². The number of H-pyrrole nitrogens is 1. The average molecular weight is 334 g/mol. The van der Waals surface area contributed by atoms with Crippen LogP contribution in [0.2, 0.25) is 5.15 Å². The minimum atomic E-state index is -3.87. The Hall–Kier alpha value is -1.56. The van der Waals surface area contributed by atoms with E-state index in [0.29, 0.717) is 4.96 Å². The largest absolute Gasteiger partial charge is 0.279 e. The number of nitrogens with one attached hydrogen (secondary N) is 2. The van der Waals surface area contributed by atoms with Crippen molar-refractivity contribution >= 4 is 37.9 Å². The van der Waals surface area contributed by atoms with Crippen LogP contribution in [0.5, 0.6) is 0 Å². The summed E-state index contributed by atoms with van der Waals surface area (Å²) in [4.78, 5) is 4.49. The number of hydrogen-bond acceptors (Lipinski definition) is 7. The second-order valence-electron chi connectivity index (χ2n) is 3.88. The molecular weight excluding hydrogens is 326 g/mol. The van der Waals surface area contributed by atoms with Crippen LogP contribution in [0.1, 0.15) is 18.8 Å². The summed E-state index contributed by atoms with van der Waals surface area (Å²) in [6.07, 6.45) is 1.59. The summed E-state index contributed by atoms with van der Waals surface area (Å²) in [5, 5.41) is 14.6. The van der Waals surface area contributed by atoms with Crippen molar-refractivity contribution in [3.8, 4) is 0 Å². The van der Waals surface area contributed by atoms with Gasteiger partial charge in [-0.3, -0.25) is 4.40 Å².